The Labute approximate surface area is 123 Å². The first-order valence-corrected chi connectivity index (χ1v) is 7.21. The zero-order chi connectivity index (χ0) is 13.2. The summed E-state index contributed by atoms with van der Waals surface area (Å²) in [4.78, 5) is 10.7. The number of ketones is 1. The molecule has 1 rings (SSSR count). The van der Waals surface area contributed by atoms with Gasteiger partial charge in [-0.1, -0.05) is 22.0 Å². The summed E-state index contributed by atoms with van der Waals surface area (Å²) >= 11 is 4.81. The molecular formula is C10H7BrF3IOS. The molecular weight excluding hydrogens is 432 g/mol. The molecule has 0 fully saturated rings. The number of halogens is 5. The topological polar surface area (TPSA) is 17.1 Å². The quantitative estimate of drug-likeness (QED) is 0.378. The fraction of sp³-hybridized carbons (Fsp3) is 0.300. The maximum absolute atomic E-state index is 12.3. The second-order valence-electron chi connectivity index (χ2n) is 3.21. The largest absolute Gasteiger partial charge is 0.446 e. The third kappa shape index (κ3) is 4.78. The van der Waals surface area contributed by atoms with Crippen LogP contribution in [-0.2, 0) is 4.79 Å². The number of alkyl halides is 4. The Morgan fingerprint density at radius 1 is 1.47 bits per heavy atom. The van der Waals surface area contributed by atoms with E-state index in [0.29, 0.717) is 9.13 Å². The highest BCUT2D eigenvalue weighted by atomic mass is 127. The zero-order valence-electron chi connectivity index (χ0n) is 8.52. The van der Waals surface area contributed by atoms with Gasteiger partial charge in [0.2, 0.25) is 0 Å². The van der Waals surface area contributed by atoms with Crippen molar-refractivity contribution in [1.82, 2.24) is 0 Å². The average molecular weight is 439 g/mol. The van der Waals surface area contributed by atoms with Gasteiger partial charge in [-0.25, -0.2) is 0 Å². The molecule has 1 unspecified atom stereocenters. The summed E-state index contributed by atoms with van der Waals surface area (Å²) in [7, 11) is 0. The van der Waals surface area contributed by atoms with E-state index in [1.807, 2.05) is 22.6 Å². The van der Waals surface area contributed by atoms with Crippen molar-refractivity contribution in [1.29, 1.82) is 0 Å². The molecule has 0 aliphatic heterocycles. The molecule has 0 saturated heterocycles. The molecule has 0 N–H and O–H groups in total. The van der Waals surface area contributed by atoms with E-state index in [1.165, 1.54) is 13.0 Å². The van der Waals surface area contributed by atoms with E-state index in [0.717, 1.165) is 0 Å². The van der Waals surface area contributed by atoms with Crippen LogP contribution in [0.3, 0.4) is 0 Å². The van der Waals surface area contributed by atoms with Crippen molar-refractivity contribution in [3.8, 4) is 0 Å². The van der Waals surface area contributed by atoms with Crippen molar-refractivity contribution in [2.75, 3.05) is 0 Å². The smallest absolute Gasteiger partial charge is 0.298 e. The number of hydrogen-bond acceptors (Lipinski definition) is 2. The van der Waals surface area contributed by atoms with Crippen LogP contribution in [0, 0.1) is 3.57 Å². The van der Waals surface area contributed by atoms with Crippen LogP contribution in [0.4, 0.5) is 13.2 Å². The highest BCUT2D eigenvalue weighted by molar-refractivity contribution is 14.1. The Hall–Kier alpha value is 0.240. The Morgan fingerprint density at radius 3 is 2.53 bits per heavy atom. The number of carbonyl (C=O) groups excluding carboxylic acids is 1. The maximum Gasteiger partial charge on any atom is 0.446 e. The summed E-state index contributed by atoms with van der Waals surface area (Å²) in [6, 6.07) is 4.60. The van der Waals surface area contributed by atoms with Gasteiger partial charge in [-0.05, 0) is 59.0 Å². The molecule has 0 aliphatic rings. The van der Waals surface area contributed by atoms with Crippen LogP contribution in [0.25, 0.3) is 0 Å². The predicted molar refractivity (Wildman–Crippen MR) is 73.4 cm³/mol. The molecule has 1 aromatic carbocycles. The van der Waals surface area contributed by atoms with Gasteiger partial charge in [0, 0.05) is 8.47 Å². The fourth-order valence-corrected chi connectivity index (χ4v) is 2.68. The molecule has 0 aromatic heterocycles. The van der Waals surface area contributed by atoms with Gasteiger partial charge in [0.25, 0.3) is 0 Å². The van der Waals surface area contributed by atoms with Crippen molar-refractivity contribution in [3.05, 3.63) is 27.3 Å². The third-order valence-electron chi connectivity index (χ3n) is 1.83. The molecule has 0 radical (unpaired) electrons. The second kappa shape index (κ2) is 5.92. The minimum atomic E-state index is -4.32. The molecule has 1 aromatic rings. The average Bonchev–Trinajstić information content (AvgIpc) is 2.18. The Kier molecular flexibility index (Phi) is 5.33. The molecule has 0 spiro atoms. The van der Waals surface area contributed by atoms with Crippen molar-refractivity contribution < 1.29 is 18.0 Å². The lowest BCUT2D eigenvalue weighted by Crippen LogP contribution is -2.03. The van der Waals surface area contributed by atoms with Gasteiger partial charge in [0.05, 0.1) is 4.83 Å². The van der Waals surface area contributed by atoms with Gasteiger partial charge in [-0.15, -0.1) is 0 Å². The summed E-state index contributed by atoms with van der Waals surface area (Å²) in [5, 5.41) is 0. The van der Waals surface area contributed by atoms with Gasteiger partial charge in [0.1, 0.15) is 5.78 Å². The van der Waals surface area contributed by atoms with Crippen LogP contribution in [0.15, 0.2) is 23.1 Å². The van der Waals surface area contributed by atoms with Crippen molar-refractivity contribution in [2.45, 2.75) is 22.2 Å². The highest BCUT2D eigenvalue weighted by Gasteiger charge is 2.30. The molecule has 0 bridgehead atoms. The lowest BCUT2D eigenvalue weighted by Gasteiger charge is -2.11. The van der Waals surface area contributed by atoms with Crippen molar-refractivity contribution >= 4 is 56.1 Å². The number of carbonyl (C=O) groups is 1. The van der Waals surface area contributed by atoms with Crippen LogP contribution in [0.2, 0.25) is 0 Å². The van der Waals surface area contributed by atoms with E-state index >= 15 is 0 Å². The van der Waals surface area contributed by atoms with E-state index in [2.05, 4.69) is 15.9 Å². The normalized spacial score (nSPS) is 13.5. The summed E-state index contributed by atoms with van der Waals surface area (Å²) < 4.78 is 37.4. The SMILES string of the molecule is CC(=O)C(Br)c1ccc(I)c(SC(F)(F)F)c1. The Morgan fingerprint density at radius 2 is 2.06 bits per heavy atom. The summed E-state index contributed by atoms with van der Waals surface area (Å²) in [6.45, 7) is 1.38. The lowest BCUT2D eigenvalue weighted by molar-refractivity contribution is -0.116. The number of hydrogen-bond donors (Lipinski definition) is 0. The molecule has 0 amide bonds. The molecule has 0 heterocycles. The molecule has 0 saturated carbocycles. The first kappa shape index (κ1) is 15.3. The lowest BCUT2D eigenvalue weighted by atomic mass is 10.1. The summed E-state index contributed by atoms with van der Waals surface area (Å²) in [5.41, 5.74) is -3.79. The first-order valence-electron chi connectivity index (χ1n) is 4.40. The number of rotatable bonds is 3. The molecule has 94 valence electrons. The van der Waals surface area contributed by atoms with Crippen LogP contribution in [0.5, 0.6) is 0 Å². The van der Waals surface area contributed by atoms with Gasteiger partial charge in [0.15, 0.2) is 0 Å². The molecule has 1 atom stereocenters. The van der Waals surface area contributed by atoms with E-state index in [-0.39, 0.29) is 22.4 Å². The summed E-state index contributed by atoms with van der Waals surface area (Å²) in [5.74, 6) is -0.144. The third-order valence-corrected chi connectivity index (χ3v) is 5.10. The summed E-state index contributed by atoms with van der Waals surface area (Å²) in [6.07, 6.45) is 0. The fourth-order valence-electron chi connectivity index (χ4n) is 1.12. The Balaban J connectivity index is 3.06. The minimum Gasteiger partial charge on any atom is -0.298 e. The van der Waals surface area contributed by atoms with Crippen LogP contribution in [-0.4, -0.2) is 11.3 Å². The molecule has 17 heavy (non-hydrogen) atoms. The van der Waals surface area contributed by atoms with E-state index in [9.17, 15) is 18.0 Å². The second-order valence-corrected chi connectivity index (χ2v) is 6.40. The van der Waals surface area contributed by atoms with E-state index < -0.39 is 10.3 Å². The number of thioether (sulfide) groups is 1. The predicted octanol–water partition coefficient (Wildman–Crippen LogP) is 4.93. The zero-order valence-corrected chi connectivity index (χ0v) is 13.1. The van der Waals surface area contributed by atoms with Gasteiger partial charge in [-0.2, -0.15) is 13.2 Å². The monoisotopic (exact) mass is 438 g/mol. The first-order chi connectivity index (χ1) is 7.70. The minimum absolute atomic E-state index is 0.112. The number of benzene rings is 1. The van der Waals surface area contributed by atoms with Gasteiger partial charge < -0.3 is 0 Å². The molecule has 0 aliphatic carbocycles. The molecule has 7 heteroatoms. The van der Waals surface area contributed by atoms with Gasteiger partial charge in [-0.3, -0.25) is 4.79 Å². The maximum atomic E-state index is 12.3. The highest BCUT2D eigenvalue weighted by Crippen LogP contribution is 2.40. The van der Waals surface area contributed by atoms with Crippen LogP contribution in [0.1, 0.15) is 17.3 Å². The Bertz CT molecular complexity index is 436. The molecule has 1 nitrogen and oxygen atoms in total. The van der Waals surface area contributed by atoms with E-state index in [1.54, 1.807) is 12.1 Å². The van der Waals surface area contributed by atoms with Gasteiger partial charge >= 0.3 is 5.51 Å². The van der Waals surface area contributed by atoms with Crippen molar-refractivity contribution in [3.63, 3.8) is 0 Å². The van der Waals surface area contributed by atoms with Crippen LogP contribution >= 0.6 is 50.3 Å². The van der Waals surface area contributed by atoms with Crippen molar-refractivity contribution in [2.24, 2.45) is 0 Å². The van der Waals surface area contributed by atoms with Crippen LogP contribution < -0.4 is 0 Å². The standard InChI is InChI=1S/C10H7BrF3IOS/c1-5(16)9(11)6-2-3-7(15)8(4-6)17-10(12,13)14/h2-4,9H,1H3. The van der Waals surface area contributed by atoms with E-state index in [4.69, 9.17) is 0 Å². The number of Topliss-reactive ketones (excluding diaryl/α,β-unsaturated/α-hetero) is 1.